The Kier molecular flexibility index (Phi) is 3.85. The van der Waals surface area contributed by atoms with E-state index >= 15 is 0 Å². The molecule has 2 rings (SSSR count). The molecule has 1 heterocycles. The zero-order valence-electron chi connectivity index (χ0n) is 9.91. The molecule has 1 saturated carbocycles. The molecule has 1 aliphatic carbocycles. The van der Waals surface area contributed by atoms with Gasteiger partial charge in [-0.25, -0.2) is 4.98 Å². The lowest BCUT2D eigenvalue weighted by Crippen LogP contribution is -2.33. The molecule has 3 heteroatoms. The van der Waals surface area contributed by atoms with E-state index in [0.29, 0.717) is 6.04 Å². The topological polar surface area (TPSA) is 24.9 Å². The van der Waals surface area contributed by atoms with Crippen LogP contribution >= 0.6 is 15.9 Å². The highest BCUT2D eigenvalue weighted by Crippen LogP contribution is 2.31. The molecule has 0 aromatic carbocycles. The van der Waals surface area contributed by atoms with Crippen LogP contribution < -0.4 is 5.32 Å². The Hall–Kier alpha value is -0.570. The van der Waals surface area contributed by atoms with E-state index in [0.717, 1.165) is 22.1 Å². The Morgan fingerprint density at radius 3 is 2.94 bits per heavy atom. The van der Waals surface area contributed by atoms with Crippen molar-refractivity contribution in [3.63, 3.8) is 0 Å². The summed E-state index contributed by atoms with van der Waals surface area (Å²) >= 11 is 3.48. The Bertz CT molecular complexity index is 354. The molecular weight excluding hydrogens is 264 g/mol. The first-order valence-corrected chi connectivity index (χ1v) is 6.83. The summed E-state index contributed by atoms with van der Waals surface area (Å²) in [5.41, 5.74) is 1.12. The van der Waals surface area contributed by atoms with Gasteiger partial charge >= 0.3 is 0 Å². The third-order valence-corrected chi connectivity index (χ3v) is 4.19. The first-order valence-electron chi connectivity index (χ1n) is 6.04. The number of nitrogens with zero attached hydrogens (tertiary/aromatic N) is 1. The van der Waals surface area contributed by atoms with E-state index < -0.39 is 0 Å². The minimum absolute atomic E-state index is 0.587. The minimum atomic E-state index is 0.587. The van der Waals surface area contributed by atoms with Crippen LogP contribution in [0.4, 0.5) is 5.69 Å². The second kappa shape index (κ2) is 5.17. The van der Waals surface area contributed by atoms with Gasteiger partial charge in [-0.15, -0.1) is 0 Å². The molecule has 0 saturated heterocycles. The largest absolute Gasteiger partial charge is 0.380 e. The van der Waals surface area contributed by atoms with Crippen molar-refractivity contribution in [2.24, 2.45) is 11.8 Å². The summed E-state index contributed by atoms with van der Waals surface area (Å²) in [4.78, 5) is 4.24. The normalized spacial score (nSPS) is 30.1. The second-order valence-corrected chi connectivity index (χ2v) is 5.74. The molecule has 0 radical (unpaired) electrons. The molecule has 2 nitrogen and oxygen atoms in total. The minimum Gasteiger partial charge on any atom is -0.380 e. The van der Waals surface area contributed by atoms with Crippen LogP contribution in [0, 0.1) is 11.8 Å². The van der Waals surface area contributed by atoms with E-state index in [-0.39, 0.29) is 0 Å². The van der Waals surface area contributed by atoms with E-state index in [1.807, 2.05) is 12.3 Å². The Labute approximate surface area is 106 Å². The highest BCUT2D eigenvalue weighted by molar-refractivity contribution is 9.10. The van der Waals surface area contributed by atoms with E-state index in [9.17, 15) is 0 Å². The molecule has 16 heavy (non-hydrogen) atoms. The first kappa shape index (κ1) is 11.9. The van der Waals surface area contributed by atoms with Crippen molar-refractivity contribution in [3.05, 3.63) is 22.9 Å². The number of pyridine rings is 1. The molecule has 3 atom stereocenters. The predicted octanol–water partition coefficient (Wildman–Crippen LogP) is 4.08. The molecule has 0 spiro atoms. The number of anilines is 1. The van der Waals surface area contributed by atoms with Crippen LogP contribution in [0.5, 0.6) is 0 Å². The maximum absolute atomic E-state index is 4.24. The van der Waals surface area contributed by atoms with Crippen molar-refractivity contribution in [3.8, 4) is 0 Å². The second-order valence-electron chi connectivity index (χ2n) is 4.99. The highest BCUT2D eigenvalue weighted by atomic mass is 79.9. The van der Waals surface area contributed by atoms with Gasteiger partial charge in [-0.1, -0.05) is 20.3 Å². The Balaban J connectivity index is 2.06. The molecule has 0 aliphatic heterocycles. The van der Waals surface area contributed by atoms with Gasteiger partial charge in [0.2, 0.25) is 0 Å². The van der Waals surface area contributed by atoms with Gasteiger partial charge in [0.05, 0.1) is 5.69 Å². The summed E-state index contributed by atoms with van der Waals surface area (Å²) in [5, 5.41) is 3.62. The molecule has 0 amide bonds. The summed E-state index contributed by atoms with van der Waals surface area (Å²) in [5.74, 6) is 1.59. The molecule has 1 aromatic rings. The van der Waals surface area contributed by atoms with Crippen molar-refractivity contribution < 1.29 is 0 Å². The number of hydrogen-bond donors (Lipinski definition) is 1. The van der Waals surface area contributed by atoms with Crippen LogP contribution in [-0.2, 0) is 0 Å². The van der Waals surface area contributed by atoms with Crippen LogP contribution in [0.25, 0.3) is 0 Å². The van der Waals surface area contributed by atoms with Gasteiger partial charge in [0.1, 0.15) is 4.60 Å². The van der Waals surface area contributed by atoms with Gasteiger partial charge in [-0.05, 0) is 52.7 Å². The van der Waals surface area contributed by atoms with Gasteiger partial charge in [0.15, 0.2) is 0 Å². The standard InChI is InChI=1S/C13H19BrN2/c1-9-5-6-10(2)12(8-9)16-11-4-3-7-15-13(11)14/h3-4,7,9-10,12,16H,5-6,8H2,1-2H3. The van der Waals surface area contributed by atoms with E-state index in [1.54, 1.807) is 0 Å². The molecule has 1 N–H and O–H groups in total. The van der Waals surface area contributed by atoms with Gasteiger partial charge in [-0.3, -0.25) is 0 Å². The van der Waals surface area contributed by atoms with Crippen molar-refractivity contribution >= 4 is 21.6 Å². The van der Waals surface area contributed by atoms with E-state index in [4.69, 9.17) is 0 Å². The summed E-state index contributed by atoms with van der Waals surface area (Å²) in [6.07, 6.45) is 5.77. The number of nitrogens with one attached hydrogen (secondary N) is 1. The predicted molar refractivity (Wildman–Crippen MR) is 71.5 cm³/mol. The summed E-state index contributed by atoms with van der Waals surface area (Å²) in [6.45, 7) is 4.69. The zero-order chi connectivity index (χ0) is 11.5. The third-order valence-electron chi connectivity index (χ3n) is 3.56. The van der Waals surface area contributed by atoms with Crippen LogP contribution in [0.3, 0.4) is 0 Å². The van der Waals surface area contributed by atoms with Crippen molar-refractivity contribution in [1.29, 1.82) is 0 Å². The number of rotatable bonds is 2. The molecule has 3 unspecified atom stereocenters. The highest BCUT2D eigenvalue weighted by Gasteiger charge is 2.25. The zero-order valence-corrected chi connectivity index (χ0v) is 11.5. The van der Waals surface area contributed by atoms with E-state index in [2.05, 4.69) is 46.1 Å². The molecule has 1 fully saturated rings. The Morgan fingerprint density at radius 2 is 2.19 bits per heavy atom. The van der Waals surface area contributed by atoms with Crippen LogP contribution in [0.2, 0.25) is 0 Å². The number of halogens is 1. The first-order chi connectivity index (χ1) is 7.66. The van der Waals surface area contributed by atoms with Crippen molar-refractivity contribution in [1.82, 2.24) is 4.98 Å². The van der Waals surface area contributed by atoms with Gasteiger partial charge in [-0.2, -0.15) is 0 Å². The summed E-state index contributed by atoms with van der Waals surface area (Å²) in [6, 6.07) is 4.65. The molecule has 88 valence electrons. The van der Waals surface area contributed by atoms with Crippen LogP contribution in [0.1, 0.15) is 33.1 Å². The average molecular weight is 283 g/mol. The third kappa shape index (κ3) is 2.76. The lowest BCUT2D eigenvalue weighted by Gasteiger charge is -2.34. The summed E-state index contributed by atoms with van der Waals surface area (Å²) < 4.78 is 0.917. The average Bonchev–Trinajstić information content (AvgIpc) is 2.27. The fourth-order valence-corrected chi connectivity index (χ4v) is 2.79. The van der Waals surface area contributed by atoms with Crippen LogP contribution in [-0.4, -0.2) is 11.0 Å². The fourth-order valence-electron chi connectivity index (χ4n) is 2.43. The SMILES string of the molecule is CC1CCC(C)C(Nc2cccnc2Br)C1. The molecule has 1 aliphatic rings. The van der Waals surface area contributed by atoms with Crippen molar-refractivity contribution in [2.75, 3.05) is 5.32 Å². The van der Waals surface area contributed by atoms with Gasteiger partial charge in [0.25, 0.3) is 0 Å². The van der Waals surface area contributed by atoms with Gasteiger partial charge < -0.3 is 5.32 Å². The maximum Gasteiger partial charge on any atom is 0.129 e. The lowest BCUT2D eigenvalue weighted by molar-refractivity contribution is 0.280. The molecule has 1 aromatic heterocycles. The van der Waals surface area contributed by atoms with Crippen LogP contribution in [0.15, 0.2) is 22.9 Å². The van der Waals surface area contributed by atoms with Gasteiger partial charge in [0, 0.05) is 12.2 Å². The smallest absolute Gasteiger partial charge is 0.129 e. The van der Waals surface area contributed by atoms with Crippen molar-refractivity contribution in [2.45, 2.75) is 39.2 Å². The monoisotopic (exact) mass is 282 g/mol. The fraction of sp³-hybridized carbons (Fsp3) is 0.615. The molecule has 0 bridgehead atoms. The maximum atomic E-state index is 4.24. The number of hydrogen-bond acceptors (Lipinski definition) is 2. The number of aromatic nitrogens is 1. The quantitative estimate of drug-likeness (QED) is 0.827. The molecular formula is C13H19BrN2. The Morgan fingerprint density at radius 1 is 1.38 bits per heavy atom. The summed E-state index contributed by atoms with van der Waals surface area (Å²) in [7, 11) is 0. The van der Waals surface area contributed by atoms with E-state index in [1.165, 1.54) is 19.3 Å². The lowest BCUT2D eigenvalue weighted by atomic mass is 9.80.